The van der Waals surface area contributed by atoms with Gasteiger partial charge in [-0.2, -0.15) is 4.98 Å². The number of rotatable bonds is 6. The minimum atomic E-state index is -0.310. The van der Waals surface area contributed by atoms with Gasteiger partial charge in [0.2, 0.25) is 5.95 Å². The van der Waals surface area contributed by atoms with Gasteiger partial charge in [0.25, 0.3) is 11.9 Å². The van der Waals surface area contributed by atoms with Crippen LogP contribution in [0.3, 0.4) is 0 Å². The summed E-state index contributed by atoms with van der Waals surface area (Å²) in [7, 11) is 3.11. The van der Waals surface area contributed by atoms with Gasteiger partial charge >= 0.3 is 0 Å². The summed E-state index contributed by atoms with van der Waals surface area (Å²) < 4.78 is 11.9. The molecule has 0 aliphatic carbocycles. The van der Waals surface area contributed by atoms with E-state index >= 15 is 0 Å². The summed E-state index contributed by atoms with van der Waals surface area (Å²) >= 11 is 6.08. The second kappa shape index (κ2) is 8.73. The minimum absolute atomic E-state index is 0.0100. The summed E-state index contributed by atoms with van der Waals surface area (Å²) in [5.74, 6) is 1.30. The van der Waals surface area contributed by atoms with Gasteiger partial charge in [0, 0.05) is 12.1 Å². The van der Waals surface area contributed by atoms with Gasteiger partial charge in [-0.25, -0.2) is 4.68 Å². The zero-order valence-corrected chi connectivity index (χ0v) is 17.4. The maximum absolute atomic E-state index is 11.9. The number of hydrogen-bond donors (Lipinski definition) is 2. The van der Waals surface area contributed by atoms with E-state index in [4.69, 9.17) is 21.1 Å². The topological polar surface area (TPSA) is 90.3 Å². The van der Waals surface area contributed by atoms with Crippen molar-refractivity contribution in [2.24, 2.45) is 0 Å². The molecule has 0 radical (unpaired) electrons. The lowest BCUT2D eigenvalue weighted by atomic mass is 9.93. The van der Waals surface area contributed by atoms with Crippen LogP contribution in [0.2, 0.25) is 5.02 Å². The molecule has 0 saturated heterocycles. The van der Waals surface area contributed by atoms with Gasteiger partial charge in [-0.1, -0.05) is 35.9 Å². The zero-order valence-electron chi connectivity index (χ0n) is 16.6. The maximum Gasteiger partial charge on any atom is 0.252 e. The molecule has 1 aliphatic rings. The first-order valence-electron chi connectivity index (χ1n) is 9.48. The number of ether oxygens (including phenoxy) is 2. The lowest BCUT2D eigenvalue weighted by Gasteiger charge is -2.31. The van der Waals surface area contributed by atoms with Gasteiger partial charge < -0.3 is 14.8 Å². The van der Waals surface area contributed by atoms with Crippen molar-refractivity contribution < 1.29 is 14.3 Å². The third-order valence-corrected chi connectivity index (χ3v) is 5.24. The Balaban J connectivity index is 1.68. The fraction of sp³-hybridized carbons (Fsp3) is 0.286. The molecule has 156 valence electrons. The summed E-state index contributed by atoms with van der Waals surface area (Å²) in [5, 5.41) is 11.3. The van der Waals surface area contributed by atoms with E-state index in [0.717, 1.165) is 23.3 Å². The highest BCUT2D eigenvalue weighted by Gasteiger charge is 2.31. The highest BCUT2D eigenvalue weighted by molar-refractivity contribution is 6.30. The smallest absolute Gasteiger partial charge is 0.252 e. The number of nitrogens with one attached hydrogen (secondary N) is 2. The minimum Gasteiger partial charge on any atom is -0.497 e. The van der Waals surface area contributed by atoms with Crippen LogP contribution < -0.4 is 15.4 Å². The third-order valence-electron chi connectivity index (χ3n) is 4.99. The van der Waals surface area contributed by atoms with Crippen molar-refractivity contribution in [3.63, 3.8) is 0 Å². The van der Waals surface area contributed by atoms with Crippen LogP contribution in [0.15, 0.2) is 48.5 Å². The molecule has 8 nitrogen and oxygen atoms in total. The Kier molecular flexibility index (Phi) is 5.87. The average Bonchev–Trinajstić information content (AvgIpc) is 3.16. The first-order chi connectivity index (χ1) is 14.6. The number of carbonyl (C=O) groups excluding carboxylic acids is 1. The molecule has 4 rings (SSSR count). The fourth-order valence-electron chi connectivity index (χ4n) is 3.54. The van der Waals surface area contributed by atoms with E-state index in [2.05, 4.69) is 20.7 Å². The van der Waals surface area contributed by atoms with E-state index in [1.165, 1.54) is 7.11 Å². The molecule has 2 atom stereocenters. The van der Waals surface area contributed by atoms with Crippen LogP contribution in [-0.4, -0.2) is 41.5 Å². The quantitative estimate of drug-likeness (QED) is 0.623. The Hall–Kier alpha value is -3.10. The van der Waals surface area contributed by atoms with Crippen LogP contribution in [-0.2, 0) is 9.53 Å². The van der Waals surface area contributed by atoms with E-state index in [9.17, 15) is 4.79 Å². The summed E-state index contributed by atoms with van der Waals surface area (Å²) in [4.78, 5) is 16.4. The monoisotopic (exact) mass is 427 g/mol. The Morgan fingerprint density at radius 2 is 1.87 bits per heavy atom. The van der Waals surface area contributed by atoms with Gasteiger partial charge in [0.05, 0.1) is 19.2 Å². The molecular weight excluding hydrogens is 406 g/mol. The van der Waals surface area contributed by atoms with Crippen molar-refractivity contribution in [2.45, 2.75) is 18.5 Å². The molecule has 1 aliphatic heterocycles. The summed E-state index contributed by atoms with van der Waals surface area (Å²) in [6, 6.07) is 15.6. The van der Waals surface area contributed by atoms with Crippen molar-refractivity contribution in [2.75, 3.05) is 31.5 Å². The highest BCUT2D eigenvalue weighted by atomic mass is 35.5. The van der Waals surface area contributed by atoms with Crippen LogP contribution in [0.4, 0.5) is 11.9 Å². The number of halogens is 1. The molecule has 2 N–H and O–H groups in total. The molecule has 1 amide bonds. The number of anilines is 2. The molecule has 0 unspecified atom stereocenters. The van der Waals surface area contributed by atoms with Crippen LogP contribution in [0.1, 0.15) is 29.6 Å². The molecule has 9 heteroatoms. The van der Waals surface area contributed by atoms with Crippen LogP contribution >= 0.6 is 11.6 Å². The number of methoxy groups -OCH3 is 2. The number of hydrogen-bond acceptors (Lipinski definition) is 6. The summed E-state index contributed by atoms with van der Waals surface area (Å²) in [6.07, 6.45) is 0.746. The normalized spacial score (nSPS) is 17.7. The molecule has 0 bridgehead atoms. The lowest BCUT2D eigenvalue weighted by molar-refractivity contribution is -0.119. The molecule has 2 heterocycles. The molecule has 2 aromatic carbocycles. The van der Waals surface area contributed by atoms with E-state index < -0.39 is 0 Å². The van der Waals surface area contributed by atoms with E-state index in [-0.39, 0.29) is 30.5 Å². The number of fused-ring (bicyclic) bond motifs is 1. The number of aromatic nitrogens is 3. The lowest BCUT2D eigenvalue weighted by Crippen LogP contribution is -2.28. The van der Waals surface area contributed by atoms with Crippen molar-refractivity contribution >= 4 is 29.4 Å². The Morgan fingerprint density at radius 3 is 2.53 bits per heavy atom. The Bertz CT molecular complexity index is 1020. The number of carbonyl (C=O) groups is 1. The standard InChI is InChI=1S/C21H22ClN5O3/c1-29-12-19(28)24-20-25-21-23-17(13-5-9-16(30-2)10-6-13)11-18(27(21)26-20)14-3-7-15(22)8-4-14/h3-10,17-18H,11-12H2,1-2H3,(H2,23,24,25,26,28)/t17-,18-/m1/s1. The van der Waals surface area contributed by atoms with Gasteiger partial charge in [-0.15, -0.1) is 5.10 Å². The molecular formula is C21H22ClN5O3. The number of nitrogens with zero attached hydrogens (tertiary/aromatic N) is 3. The second-order valence-corrected chi connectivity index (χ2v) is 7.39. The van der Waals surface area contributed by atoms with Gasteiger partial charge in [0.15, 0.2) is 0 Å². The molecule has 0 spiro atoms. The summed E-state index contributed by atoms with van der Waals surface area (Å²) in [6.45, 7) is -0.0631. The zero-order chi connectivity index (χ0) is 21.1. The predicted molar refractivity (Wildman–Crippen MR) is 114 cm³/mol. The average molecular weight is 428 g/mol. The van der Waals surface area contributed by atoms with E-state index in [0.29, 0.717) is 11.0 Å². The van der Waals surface area contributed by atoms with Crippen LogP contribution in [0, 0.1) is 0 Å². The molecule has 0 saturated carbocycles. The van der Waals surface area contributed by atoms with Crippen molar-refractivity contribution in [1.29, 1.82) is 0 Å². The first-order valence-corrected chi connectivity index (χ1v) is 9.86. The molecule has 1 aromatic heterocycles. The van der Waals surface area contributed by atoms with Gasteiger partial charge in [-0.3, -0.25) is 10.1 Å². The van der Waals surface area contributed by atoms with Crippen molar-refractivity contribution in [3.05, 3.63) is 64.7 Å². The number of benzene rings is 2. The Labute approximate surface area is 179 Å². The largest absolute Gasteiger partial charge is 0.497 e. The maximum atomic E-state index is 11.9. The van der Waals surface area contributed by atoms with Gasteiger partial charge in [-0.05, 0) is 41.8 Å². The second-order valence-electron chi connectivity index (χ2n) is 6.96. The molecule has 0 fully saturated rings. The first kappa shape index (κ1) is 20.2. The Morgan fingerprint density at radius 1 is 1.17 bits per heavy atom. The SMILES string of the molecule is COCC(=O)Nc1nc2n(n1)[C@@H](c1ccc(Cl)cc1)C[C@H](c1ccc(OC)cc1)N2. The fourth-order valence-corrected chi connectivity index (χ4v) is 3.67. The van der Waals surface area contributed by atoms with E-state index in [1.807, 2.05) is 48.5 Å². The van der Waals surface area contributed by atoms with Crippen LogP contribution in [0.5, 0.6) is 5.75 Å². The molecule has 3 aromatic rings. The van der Waals surface area contributed by atoms with Gasteiger partial charge in [0.1, 0.15) is 12.4 Å². The third kappa shape index (κ3) is 4.24. The van der Waals surface area contributed by atoms with E-state index in [1.54, 1.807) is 11.8 Å². The summed E-state index contributed by atoms with van der Waals surface area (Å²) in [5.41, 5.74) is 2.16. The van der Waals surface area contributed by atoms with Crippen LogP contribution in [0.25, 0.3) is 0 Å². The highest BCUT2D eigenvalue weighted by Crippen LogP contribution is 2.38. The predicted octanol–water partition coefficient (Wildman–Crippen LogP) is 3.67. The van der Waals surface area contributed by atoms with Crippen molar-refractivity contribution in [3.8, 4) is 5.75 Å². The number of amides is 1. The molecule has 30 heavy (non-hydrogen) atoms. The van der Waals surface area contributed by atoms with Crippen molar-refractivity contribution in [1.82, 2.24) is 14.8 Å².